The Kier molecular flexibility index (Phi) is 7.30. The van der Waals surface area contributed by atoms with Gasteiger partial charge in [0.1, 0.15) is 13.1 Å². The summed E-state index contributed by atoms with van der Waals surface area (Å²) in [7, 11) is -10.6. The number of hydrogen-bond acceptors (Lipinski definition) is 10. The normalized spacial score (nSPS) is 16.2. The van der Waals surface area contributed by atoms with Gasteiger partial charge in [-0.25, -0.2) is 0 Å². The number of carbonyl (C=O) groups is 4. The van der Waals surface area contributed by atoms with Gasteiger partial charge in [-0.15, -0.1) is 22.7 Å². The van der Waals surface area contributed by atoms with Gasteiger partial charge in [-0.05, 0) is 22.9 Å². The summed E-state index contributed by atoms with van der Waals surface area (Å²) in [5.74, 6) is -3.98. The summed E-state index contributed by atoms with van der Waals surface area (Å²) in [4.78, 5) is 54.0. The topological polar surface area (TPSA) is 216 Å². The van der Waals surface area contributed by atoms with E-state index in [-0.39, 0.29) is 22.5 Å². The molecule has 0 aromatic carbocycles. The number of aliphatic carboxylic acids is 1. The average molecular weight is 604 g/mol. The summed E-state index contributed by atoms with van der Waals surface area (Å²) >= 11 is 2.29. The van der Waals surface area contributed by atoms with Gasteiger partial charge in [0.05, 0.1) is 38.8 Å². The van der Waals surface area contributed by atoms with Crippen LogP contribution in [0.2, 0.25) is 0 Å². The highest BCUT2D eigenvalue weighted by molar-refractivity contribution is 8.04. The van der Waals surface area contributed by atoms with Crippen LogP contribution in [0.3, 0.4) is 0 Å². The Labute approximate surface area is 223 Å². The smallest absolute Gasteiger partial charge is 0.323 e. The van der Waals surface area contributed by atoms with Crippen LogP contribution in [0.1, 0.15) is 9.75 Å². The Balaban J connectivity index is 1.74. The molecule has 38 heavy (non-hydrogen) atoms. The fourth-order valence-electron chi connectivity index (χ4n) is 3.93. The number of fused-ring (bicyclic) bond motifs is 1. The molecule has 202 valence electrons. The second-order valence-corrected chi connectivity index (χ2v) is 13.2. The van der Waals surface area contributed by atoms with E-state index in [0.29, 0.717) is 9.75 Å². The Morgan fingerprint density at radius 2 is 1.29 bits per heavy atom. The minimum absolute atomic E-state index is 0.0169. The van der Waals surface area contributed by atoms with Crippen molar-refractivity contribution in [2.75, 3.05) is 19.6 Å². The van der Waals surface area contributed by atoms with Gasteiger partial charge in [-0.2, -0.15) is 16.8 Å². The first-order valence-electron chi connectivity index (χ1n) is 10.3. The summed E-state index contributed by atoms with van der Waals surface area (Å²) in [5, 5.41) is 14.6. The van der Waals surface area contributed by atoms with Gasteiger partial charge in [0, 0.05) is 0 Å². The molecule has 18 heteroatoms. The van der Waals surface area contributed by atoms with Crippen molar-refractivity contribution in [3.05, 3.63) is 55.9 Å². The van der Waals surface area contributed by atoms with Gasteiger partial charge in [0.25, 0.3) is 32.1 Å². The number of thiophene rings is 2. The fraction of sp³-hybridized carbons (Fsp3) is 0.200. The molecule has 4 rings (SSSR count). The summed E-state index contributed by atoms with van der Waals surface area (Å²) in [6, 6.07) is 6.43. The number of nitrogens with one attached hydrogen (secondary N) is 1. The molecule has 4 N–H and O–H groups in total. The molecule has 3 amide bonds. The summed E-state index contributed by atoms with van der Waals surface area (Å²) in [6.07, 6.45) is 0. The minimum Gasteiger partial charge on any atom is -0.480 e. The van der Waals surface area contributed by atoms with Crippen molar-refractivity contribution in [2.45, 2.75) is 4.58 Å². The summed E-state index contributed by atoms with van der Waals surface area (Å²) in [5.41, 5.74) is -0.169. The minimum atomic E-state index is -5.32. The van der Waals surface area contributed by atoms with Crippen LogP contribution in [-0.2, 0) is 39.4 Å². The number of hydrogen-bond donors (Lipinski definition) is 4. The van der Waals surface area contributed by atoms with E-state index in [1.807, 2.05) is 5.32 Å². The molecule has 0 unspecified atom stereocenters. The number of nitrogens with zero attached hydrogens (tertiary/aromatic N) is 2. The molecule has 4 heterocycles. The molecule has 2 aliphatic heterocycles. The van der Waals surface area contributed by atoms with E-state index in [2.05, 4.69) is 0 Å². The van der Waals surface area contributed by atoms with Gasteiger partial charge < -0.3 is 10.4 Å². The van der Waals surface area contributed by atoms with Crippen molar-refractivity contribution < 1.29 is 50.2 Å². The predicted molar refractivity (Wildman–Crippen MR) is 133 cm³/mol. The summed E-state index contributed by atoms with van der Waals surface area (Å²) < 4.78 is 60.7. The number of carbonyl (C=O) groups excluding carboxylic acids is 3. The Morgan fingerprint density at radius 3 is 1.66 bits per heavy atom. The van der Waals surface area contributed by atoms with Crippen molar-refractivity contribution in [3.63, 3.8) is 0 Å². The number of carboxylic acid groups (broad SMARTS) is 1. The first kappa shape index (κ1) is 27.6. The van der Waals surface area contributed by atoms with Crippen LogP contribution in [0.15, 0.2) is 46.2 Å². The van der Waals surface area contributed by atoms with Crippen LogP contribution in [-0.4, -0.2) is 88.8 Å². The molecule has 0 spiro atoms. The molecular weight excluding hydrogens is 586 g/mol. The maximum absolute atomic E-state index is 13.6. The van der Waals surface area contributed by atoms with Crippen LogP contribution in [0, 0.1) is 0 Å². The van der Waals surface area contributed by atoms with E-state index in [9.17, 15) is 41.1 Å². The van der Waals surface area contributed by atoms with E-state index in [1.165, 1.54) is 0 Å². The molecule has 0 saturated heterocycles. The molecule has 0 aliphatic carbocycles. The van der Waals surface area contributed by atoms with Gasteiger partial charge in [-0.3, -0.25) is 38.1 Å². The van der Waals surface area contributed by atoms with Crippen molar-refractivity contribution in [2.24, 2.45) is 0 Å². The molecule has 2 aromatic rings. The lowest BCUT2D eigenvalue weighted by molar-refractivity contribution is -0.140. The third-order valence-electron chi connectivity index (χ3n) is 5.42. The zero-order valence-corrected chi connectivity index (χ0v) is 22.1. The maximum atomic E-state index is 13.6. The van der Waals surface area contributed by atoms with E-state index in [1.54, 1.807) is 35.0 Å². The standard InChI is InChI=1S/C20H17N3O11S4/c24-12(21-7-14(37(29,30)31)38(32,33)34)8-22-17(10-3-1-5-35-10)15-16(19(22)27)18(11-4-2-6-36-11)23(20(15)28)9-13(25)26/h1-6,14H,7-9H2,(H,21,24)(H,25,26)(H,29,30,31)(H,32,33,34). The third kappa shape index (κ3) is 5.13. The number of carboxylic acids is 1. The van der Waals surface area contributed by atoms with E-state index >= 15 is 0 Å². The van der Waals surface area contributed by atoms with Crippen molar-refractivity contribution in [1.29, 1.82) is 0 Å². The summed E-state index contributed by atoms with van der Waals surface area (Å²) in [6.45, 7) is -2.75. The molecule has 0 saturated carbocycles. The van der Waals surface area contributed by atoms with Gasteiger partial charge >= 0.3 is 5.97 Å². The van der Waals surface area contributed by atoms with Crippen LogP contribution in [0.5, 0.6) is 0 Å². The molecule has 14 nitrogen and oxygen atoms in total. The van der Waals surface area contributed by atoms with Crippen molar-refractivity contribution in [3.8, 4) is 0 Å². The SMILES string of the molecule is O=C(O)CN1C(=O)C2=C(c3cccs3)N(CC(=O)NCC(S(=O)(=O)O)S(=O)(=O)O)C(=O)C2=C1c1cccs1. The molecule has 2 aromatic heterocycles. The Bertz CT molecular complexity index is 1570. The van der Waals surface area contributed by atoms with Gasteiger partial charge in [-0.1, -0.05) is 12.1 Å². The average Bonchev–Trinajstić information content (AvgIpc) is 3.56. The Hall–Kier alpha value is -3.42. The first-order chi connectivity index (χ1) is 17.7. The lowest BCUT2D eigenvalue weighted by Gasteiger charge is -2.23. The monoisotopic (exact) mass is 603 g/mol. The number of amides is 3. The second kappa shape index (κ2) is 10.0. The Morgan fingerprint density at radius 1 is 0.842 bits per heavy atom. The third-order valence-corrected chi connectivity index (χ3v) is 10.3. The van der Waals surface area contributed by atoms with Crippen LogP contribution < -0.4 is 5.32 Å². The van der Waals surface area contributed by atoms with Crippen LogP contribution in [0.4, 0.5) is 0 Å². The highest BCUT2D eigenvalue weighted by atomic mass is 32.3. The molecule has 0 bridgehead atoms. The van der Waals surface area contributed by atoms with E-state index < -0.39 is 68.1 Å². The molecule has 0 fully saturated rings. The van der Waals surface area contributed by atoms with Gasteiger partial charge in [0.2, 0.25) is 10.5 Å². The zero-order valence-electron chi connectivity index (χ0n) is 18.8. The number of rotatable bonds is 10. The molecular formula is C20H17N3O11S4. The lowest BCUT2D eigenvalue weighted by atomic mass is 10.1. The quantitative estimate of drug-likeness (QED) is 0.263. The van der Waals surface area contributed by atoms with E-state index in [0.717, 1.165) is 32.5 Å². The zero-order chi connectivity index (χ0) is 28.0. The molecule has 2 aliphatic rings. The highest BCUT2D eigenvalue weighted by Gasteiger charge is 2.50. The van der Waals surface area contributed by atoms with Crippen molar-refractivity contribution >= 4 is 78.0 Å². The van der Waals surface area contributed by atoms with Crippen molar-refractivity contribution in [1.82, 2.24) is 15.1 Å². The van der Waals surface area contributed by atoms with Crippen LogP contribution in [0.25, 0.3) is 11.4 Å². The van der Waals surface area contributed by atoms with E-state index in [4.69, 9.17) is 9.11 Å². The predicted octanol–water partition coefficient (Wildman–Crippen LogP) is -0.0811. The van der Waals surface area contributed by atoms with Gasteiger partial charge in [0.15, 0.2) is 0 Å². The lowest BCUT2D eigenvalue weighted by Crippen LogP contribution is -2.45. The first-order valence-corrected chi connectivity index (χ1v) is 15.1. The largest absolute Gasteiger partial charge is 0.480 e. The fourth-order valence-corrected chi connectivity index (χ4v) is 7.32. The molecule has 0 radical (unpaired) electrons. The molecule has 0 atom stereocenters. The second-order valence-electron chi connectivity index (χ2n) is 7.84. The van der Waals surface area contributed by atoms with Crippen LogP contribution >= 0.6 is 22.7 Å². The maximum Gasteiger partial charge on any atom is 0.323 e. The highest BCUT2D eigenvalue weighted by Crippen LogP contribution is 2.47.